The molecule has 1 heterocycles. The van der Waals surface area contributed by atoms with E-state index in [1.807, 2.05) is 30.3 Å². The quantitative estimate of drug-likeness (QED) is 0.421. The van der Waals surface area contributed by atoms with E-state index in [0.717, 1.165) is 5.56 Å². The minimum Gasteiger partial charge on any atom is -0.497 e. The van der Waals surface area contributed by atoms with Gasteiger partial charge < -0.3 is 14.8 Å². The van der Waals surface area contributed by atoms with E-state index in [2.05, 4.69) is 5.32 Å². The van der Waals surface area contributed by atoms with Crippen LogP contribution in [0.4, 0.5) is 11.4 Å². The summed E-state index contributed by atoms with van der Waals surface area (Å²) in [7, 11) is 1.59. The highest BCUT2D eigenvalue weighted by Crippen LogP contribution is 2.31. The number of carbonyl (C=O) groups excluding carboxylic acids is 3. The third-order valence-electron chi connectivity index (χ3n) is 5.58. The highest BCUT2D eigenvalue weighted by atomic mass is 32.2. The Balaban J connectivity index is 1.53. The van der Waals surface area contributed by atoms with Crippen molar-refractivity contribution in [1.82, 2.24) is 4.90 Å². The summed E-state index contributed by atoms with van der Waals surface area (Å²) in [5.41, 5.74) is 2.52. The Morgan fingerprint density at radius 2 is 1.73 bits per heavy atom. The summed E-state index contributed by atoms with van der Waals surface area (Å²) in [6.45, 7) is 2.38. The normalized spacial score (nSPS) is 16.4. The number of benzene rings is 3. The van der Waals surface area contributed by atoms with Crippen molar-refractivity contribution in [2.24, 2.45) is 4.99 Å². The maximum Gasteiger partial charge on any atom is 0.338 e. The topological polar surface area (TPSA) is 97.3 Å². The lowest BCUT2D eigenvalue weighted by Crippen LogP contribution is -2.44. The van der Waals surface area contributed by atoms with Gasteiger partial charge in [0.15, 0.2) is 5.17 Å². The van der Waals surface area contributed by atoms with E-state index >= 15 is 0 Å². The zero-order valence-corrected chi connectivity index (χ0v) is 21.4. The number of thioether (sulfide) groups is 1. The Morgan fingerprint density at radius 1 is 1.03 bits per heavy atom. The molecule has 1 saturated heterocycles. The molecule has 1 fully saturated rings. The van der Waals surface area contributed by atoms with Crippen molar-refractivity contribution in [1.29, 1.82) is 0 Å². The monoisotopic (exact) mass is 517 g/mol. The molecule has 1 aliphatic rings. The first-order valence-corrected chi connectivity index (χ1v) is 12.7. The van der Waals surface area contributed by atoms with Gasteiger partial charge >= 0.3 is 5.97 Å². The summed E-state index contributed by atoms with van der Waals surface area (Å²) < 4.78 is 10.2. The molecule has 0 radical (unpaired) electrons. The Bertz CT molecular complexity index is 1280. The number of hydrogen-bond acceptors (Lipinski definition) is 7. The van der Waals surface area contributed by atoms with Crippen LogP contribution in [0.3, 0.4) is 0 Å². The number of methoxy groups -OCH3 is 1. The van der Waals surface area contributed by atoms with Crippen LogP contribution in [0.5, 0.6) is 5.75 Å². The SMILES string of the molecule is CCOC(=O)c1ccc(NC(=O)C2CC(=O)N(Cc3ccccc3)C(=Nc3ccc(OC)cc3)S2)cc1. The van der Waals surface area contributed by atoms with Crippen molar-refractivity contribution in [2.75, 3.05) is 19.0 Å². The summed E-state index contributed by atoms with van der Waals surface area (Å²) in [6.07, 6.45) is 0.0336. The van der Waals surface area contributed by atoms with E-state index in [1.54, 1.807) is 67.5 Å². The molecule has 0 spiro atoms. The Labute approximate surface area is 219 Å². The molecule has 0 aliphatic carbocycles. The summed E-state index contributed by atoms with van der Waals surface area (Å²) >= 11 is 1.25. The van der Waals surface area contributed by atoms with Gasteiger partial charge in [-0.2, -0.15) is 0 Å². The number of esters is 1. The first kappa shape index (κ1) is 26.0. The van der Waals surface area contributed by atoms with Gasteiger partial charge in [0, 0.05) is 12.1 Å². The Kier molecular flexibility index (Phi) is 8.58. The molecular formula is C28H27N3O5S. The van der Waals surface area contributed by atoms with Crippen LogP contribution < -0.4 is 10.1 Å². The van der Waals surface area contributed by atoms with E-state index < -0.39 is 11.2 Å². The van der Waals surface area contributed by atoms with E-state index in [9.17, 15) is 14.4 Å². The zero-order chi connectivity index (χ0) is 26.2. The fourth-order valence-electron chi connectivity index (χ4n) is 3.66. The molecule has 9 heteroatoms. The molecule has 1 unspecified atom stereocenters. The van der Waals surface area contributed by atoms with Crippen molar-refractivity contribution in [3.63, 3.8) is 0 Å². The van der Waals surface area contributed by atoms with E-state index in [-0.39, 0.29) is 24.8 Å². The number of aliphatic imine (C=N–C) groups is 1. The first-order valence-electron chi connectivity index (χ1n) is 11.8. The van der Waals surface area contributed by atoms with E-state index in [1.165, 1.54) is 11.8 Å². The van der Waals surface area contributed by atoms with Crippen LogP contribution in [0.2, 0.25) is 0 Å². The zero-order valence-electron chi connectivity index (χ0n) is 20.5. The Morgan fingerprint density at radius 3 is 2.38 bits per heavy atom. The predicted octanol–water partition coefficient (Wildman–Crippen LogP) is 5.03. The van der Waals surface area contributed by atoms with Crippen molar-refractivity contribution in [3.05, 3.63) is 90.0 Å². The van der Waals surface area contributed by atoms with Crippen LogP contribution in [-0.4, -0.2) is 46.8 Å². The van der Waals surface area contributed by atoms with Gasteiger partial charge in [-0.15, -0.1) is 0 Å². The molecule has 190 valence electrons. The number of nitrogens with zero attached hydrogens (tertiary/aromatic N) is 2. The lowest BCUT2D eigenvalue weighted by Gasteiger charge is -2.32. The van der Waals surface area contributed by atoms with Crippen LogP contribution in [0.25, 0.3) is 0 Å². The van der Waals surface area contributed by atoms with Crippen molar-refractivity contribution >= 4 is 46.1 Å². The van der Waals surface area contributed by atoms with Gasteiger partial charge in [0.05, 0.1) is 31.5 Å². The smallest absolute Gasteiger partial charge is 0.338 e. The van der Waals surface area contributed by atoms with Gasteiger partial charge in [0.2, 0.25) is 11.8 Å². The van der Waals surface area contributed by atoms with E-state index in [0.29, 0.717) is 34.4 Å². The van der Waals surface area contributed by atoms with Crippen molar-refractivity contribution in [2.45, 2.75) is 25.1 Å². The molecule has 1 aliphatic heterocycles. The number of anilines is 1. The average molecular weight is 518 g/mol. The van der Waals surface area contributed by atoms with Crippen LogP contribution >= 0.6 is 11.8 Å². The third kappa shape index (κ3) is 6.77. The number of hydrogen-bond donors (Lipinski definition) is 1. The second-order valence-electron chi connectivity index (χ2n) is 8.16. The van der Waals surface area contributed by atoms with Gasteiger partial charge in [0.25, 0.3) is 0 Å². The molecule has 0 bridgehead atoms. The fraction of sp³-hybridized carbons (Fsp3) is 0.214. The summed E-state index contributed by atoms with van der Waals surface area (Å²) in [6, 6.07) is 23.3. The average Bonchev–Trinajstić information content (AvgIpc) is 2.92. The van der Waals surface area contributed by atoms with Crippen LogP contribution in [0.1, 0.15) is 29.3 Å². The molecule has 8 nitrogen and oxygen atoms in total. The molecule has 2 amide bonds. The molecule has 1 atom stereocenters. The minimum absolute atomic E-state index is 0.0336. The molecule has 0 aromatic heterocycles. The minimum atomic E-state index is -0.666. The van der Waals surface area contributed by atoms with Gasteiger partial charge in [-0.25, -0.2) is 9.79 Å². The largest absolute Gasteiger partial charge is 0.497 e. The number of nitrogens with one attached hydrogen (secondary N) is 1. The number of carbonyl (C=O) groups is 3. The van der Waals surface area contributed by atoms with E-state index in [4.69, 9.17) is 14.5 Å². The van der Waals surface area contributed by atoms with Gasteiger partial charge in [-0.3, -0.25) is 14.5 Å². The van der Waals surface area contributed by atoms with Gasteiger partial charge in [-0.1, -0.05) is 42.1 Å². The highest BCUT2D eigenvalue weighted by Gasteiger charge is 2.36. The second kappa shape index (κ2) is 12.2. The maximum absolute atomic E-state index is 13.2. The van der Waals surface area contributed by atoms with Crippen LogP contribution in [0.15, 0.2) is 83.9 Å². The van der Waals surface area contributed by atoms with Crippen molar-refractivity contribution in [3.8, 4) is 5.75 Å². The van der Waals surface area contributed by atoms with Crippen molar-refractivity contribution < 1.29 is 23.9 Å². The number of amides is 2. The standard InChI is InChI=1S/C28H27N3O5S/c1-3-36-27(34)20-9-11-21(12-10-20)29-26(33)24-17-25(32)31(18-19-7-5-4-6-8-19)28(37-24)30-22-13-15-23(35-2)16-14-22/h4-16,24H,3,17-18H2,1-2H3,(H,29,33). The molecule has 0 saturated carbocycles. The summed E-state index contributed by atoms with van der Waals surface area (Å²) in [5.74, 6) is -0.230. The van der Waals surface area contributed by atoms with Gasteiger partial charge in [-0.05, 0) is 61.0 Å². The highest BCUT2D eigenvalue weighted by molar-refractivity contribution is 8.15. The molecular weight excluding hydrogens is 490 g/mol. The Hall–Kier alpha value is -4.11. The predicted molar refractivity (Wildman–Crippen MR) is 144 cm³/mol. The number of ether oxygens (including phenoxy) is 2. The third-order valence-corrected chi connectivity index (χ3v) is 6.76. The maximum atomic E-state index is 13.2. The lowest BCUT2D eigenvalue weighted by molar-refractivity contribution is -0.129. The van der Waals surface area contributed by atoms with Gasteiger partial charge in [0.1, 0.15) is 11.0 Å². The first-order chi connectivity index (χ1) is 18.0. The van der Waals surface area contributed by atoms with Crippen LogP contribution in [0, 0.1) is 0 Å². The number of rotatable bonds is 8. The summed E-state index contributed by atoms with van der Waals surface area (Å²) in [4.78, 5) is 44.5. The molecule has 3 aromatic rings. The second-order valence-corrected chi connectivity index (χ2v) is 9.33. The van der Waals surface area contributed by atoms with Crippen LogP contribution in [-0.2, 0) is 20.9 Å². The molecule has 3 aromatic carbocycles. The molecule has 1 N–H and O–H groups in total. The number of amidine groups is 1. The molecule has 37 heavy (non-hydrogen) atoms. The summed E-state index contributed by atoms with van der Waals surface area (Å²) in [5, 5.41) is 2.62. The lowest BCUT2D eigenvalue weighted by atomic mass is 10.2. The molecule has 4 rings (SSSR count). The fourth-order valence-corrected chi connectivity index (χ4v) is 4.75.